The van der Waals surface area contributed by atoms with Gasteiger partial charge in [-0.05, 0) is 0 Å². The summed E-state index contributed by atoms with van der Waals surface area (Å²) in [6.07, 6.45) is 0.910. The van der Waals surface area contributed by atoms with Crippen LogP contribution in [0, 0.1) is 0 Å². The minimum Gasteiger partial charge on any atom is -0.388 e. The van der Waals surface area contributed by atoms with Crippen LogP contribution in [-0.4, -0.2) is 50.5 Å². The fraction of sp³-hybridized carbons (Fsp3) is 1.00. The van der Waals surface area contributed by atoms with Crippen LogP contribution in [0.15, 0.2) is 0 Å². The molecular formula is C8H16ClNO4S. The predicted molar refractivity (Wildman–Crippen MR) is 57.5 cm³/mol. The maximum Gasteiger partial charge on any atom is 0.212 e. The number of rotatable bonds is 5. The summed E-state index contributed by atoms with van der Waals surface area (Å²) < 4.78 is 30.0. The van der Waals surface area contributed by atoms with Gasteiger partial charge < -0.3 is 9.84 Å². The van der Waals surface area contributed by atoms with Crippen molar-refractivity contribution in [3.05, 3.63) is 0 Å². The van der Waals surface area contributed by atoms with Gasteiger partial charge in [0.2, 0.25) is 10.0 Å². The third-order valence-corrected chi connectivity index (χ3v) is 4.13. The average molecular weight is 258 g/mol. The molecule has 1 heterocycles. The van der Waals surface area contributed by atoms with Crippen molar-refractivity contribution in [1.82, 2.24) is 4.72 Å². The van der Waals surface area contributed by atoms with E-state index in [2.05, 4.69) is 4.72 Å². The first-order valence-corrected chi connectivity index (χ1v) is 7.00. The molecule has 15 heavy (non-hydrogen) atoms. The van der Waals surface area contributed by atoms with Crippen molar-refractivity contribution < 1.29 is 18.3 Å². The molecule has 0 radical (unpaired) electrons. The molecule has 2 N–H and O–H groups in total. The molecule has 7 heteroatoms. The molecule has 5 nitrogen and oxygen atoms in total. The van der Waals surface area contributed by atoms with Gasteiger partial charge >= 0.3 is 0 Å². The highest BCUT2D eigenvalue weighted by molar-refractivity contribution is 7.89. The summed E-state index contributed by atoms with van der Waals surface area (Å²) >= 11 is 5.34. The minimum atomic E-state index is -3.35. The van der Waals surface area contributed by atoms with Gasteiger partial charge in [-0.1, -0.05) is 0 Å². The van der Waals surface area contributed by atoms with Crippen LogP contribution in [0.5, 0.6) is 0 Å². The molecule has 0 atom stereocenters. The quantitative estimate of drug-likeness (QED) is 0.663. The highest BCUT2D eigenvalue weighted by Crippen LogP contribution is 2.19. The summed E-state index contributed by atoms with van der Waals surface area (Å²) in [5.74, 6) is -0.0714. The van der Waals surface area contributed by atoms with Gasteiger partial charge in [-0.3, -0.25) is 0 Å². The summed E-state index contributed by atoms with van der Waals surface area (Å²) in [4.78, 5) is 0. The van der Waals surface area contributed by atoms with Gasteiger partial charge in [0.25, 0.3) is 0 Å². The lowest BCUT2D eigenvalue weighted by molar-refractivity contribution is -0.0588. The van der Waals surface area contributed by atoms with Crippen molar-refractivity contribution in [2.75, 3.05) is 31.4 Å². The van der Waals surface area contributed by atoms with Gasteiger partial charge in [0.15, 0.2) is 0 Å². The maximum atomic E-state index is 11.3. The van der Waals surface area contributed by atoms with E-state index in [4.69, 9.17) is 16.3 Å². The molecule has 0 aromatic heterocycles. The molecule has 0 amide bonds. The molecule has 0 aromatic carbocycles. The second-order valence-electron chi connectivity index (χ2n) is 3.67. The number of ether oxygens (including phenoxy) is 1. The number of sulfonamides is 1. The van der Waals surface area contributed by atoms with Gasteiger partial charge in [0.1, 0.15) is 0 Å². The van der Waals surface area contributed by atoms with Crippen molar-refractivity contribution in [1.29, 1.82) is 0 Å². The van der Waals surface area contributed by atoms with Crippen molar-refractivity contribution in [2.24, 2.45) is 0 Å². The molecule has 1 aliphatic heterocycles. The lowest BCUT2D eigenvalue weighted by Crippen LogP contribution is -2.47. The van der Waals surface area contributed by atoms with Gasteiger partial charge in [-0.2, -0.15) is 0 Å². The van der Waals surface area contributed by atoms with E-state index < -0.39 is 15.6 Å². The van der Waals surface area contributed by atoms with Crippen LogP contribution in [0.2, 0.25) is 0 Å². The molecule has 0 saturated carbocycles. The highest BCUT2D eigenvalue weighted by atomic mass is 35.5. The normalized spacial score (nSPS) is 21.5. The zero-order valence-corrected chi connectivity index (χ0v) is 9.98. The second kappa shape index (κ2) is 5.45. The van der Waals surface area contributed by atoms with Crippen LogP contribution in [0.25, 0.3) is 0 Å². The smallest absolute Gasteiger partial charge is 0.212 e. The summed E-state index contributed by atoms with van der Waals surface area (Å²) in [5, 5.41) is 9.96. The second-order valence-corrected chi connectivity index (χ2v) is 5.97. The van der Waals surface area contributed by atoms with Crippen molar-refractivity contribution in [3.8, 4) is 0 Å². The van der Waals surface area contributed by atoms with Crippen molar-refractivity contribution >= 4 is 21.6 Å². The Morgan fingerprint density at radius 3 is 2.53 bits per heavy atom. The maximum absolute atomic E-state index is 11.3. The van der Waals surface area contributed by atoms with Gasteiger partial charge in [0, 0.05) is 38.5 Å². The number of hydrogen-bond acceptors (Lipinski definition) is 4. The number of nitrogens with one attached hydrogen (secondary N) is 1. The fourth-order valence-electron chi connectivity index (χ4n) is 1.35. The van der Waals surface area contributed by atoms with Crippen molar-refractivity contribution in [2.45, 2.75) is 18.4 Å². The number of hydrogen-bond donors (Lipinski definition) is 2. The Balaban J connectivity index is 2.41. The molecule has 1 aliphatic rings. The summed E-state index contributed by atoms with van der Waals surface area (Å²) in [6, 6.07) is 0. The monoisotopic (exact) mass is 257 g/mol. The minimum absolute atomic E-state index is 0.0373. The van der Waals surface area contributed by atoms with Crippen LogP contribution in [0.1, 0.15) is 12.8 Å². The molecule has 0 bridgehead atoms. The lowest BCUT2D eigenvalue weighted by Gasteiger charge is -2.31. The van der Waals surface area contributed by atoms with Gasteiger partial charge in [-0.15, -0.1) is 11.6 Å². The van der Waals surface area contributed by atoms with E-state index in [-0.39, 0.29) is 18.2 Å². The summed E-state index contributed by atoms with van der Waals surface area (Å²) in [6.45, 7) is 0.969. The van der Waals surface area contributed by atoms with Crippen LogP contribution < -0.4 is 4.72 Å². The number of aliphatic hydroxyl groups is 1. The molecule has 1 saturated heterocycles. The Labute approximate surface area is 94.8 Å². The van der Waals surface area contributed by atoms with E-state index in [1.165, 1.54) is 0 Å². The largest absolute Gasteiger partial charge is 0.388 e. The first kappa shape index (κ1) is 13.2. The standard InChI is InChI=1S/C8H16ClNO4S/c9-3-6-15(12,13)10-7-8(11)1-4-14-5-2-8/h10-11H,1-7H2. The summed E-state index contributed by atoms with van der Waals surface area (Å²) in [7, 11) is -3.35. The van der Waals surface area contributed by atoms with E-state index in [1.807, 2.05) is 0 Å². The van der Waals surface area contributed by atoms with Crippen LogP contribution in [0.3, 0.4) is 0 Å². The molecule has 0 spiro atoms. The Hall–Kier alpha value is 0.120. The Morgan fingerprint density at radius 2 is 2.00 bits per heavy atom. The van der Waals surface area contributed by atoms with Gasteiger partial charge in [0.05, 0.1) is 11.4 Å². The SMILES string of the molecule is O=S(=O)(CCCl)NCC1(O)CCOCC1. The zero-order valence-electron chi connectivity index (χ0n) is 8.41. The predicted octanol–water partition coefficient (Wildman–Crippen LogP) is -0.314. The molecule has 0 unspecified atom stereocenters. The molecule has 1 fully saturated rings. The third kappa shape index (κ3) is 4.65. The van der Waals surface area contributed by atoms with E-state index >= 15 is 0 Å². The fourth-order valence-corrected chi connectivity index (χ4v) is 2.79. The van der Waals surface area contributed by atoms with E-state index in [0.29, 0.717) is 26.1 Å². The van der Waals surface area contributed by atoms with Crippen molar-refractivity contribution in [3.63, 3.8) is 0 Å². The van der Waals surface area contributed by atoms with Crippen LogP contribution in [-0.2, 0) is 14.8 Å². The molecule has 0 aliphatic carbocycles. The van der Waals surface area contributed by atoms with Crippen LogP contribution in [0.4, 0.5) is 0 Å². The van der Waals surface area contributed by atoms with Gasteiger partial charge in [-0.25, -0.2) is 13.1 Å². The zero-order chi connectivity index (χ0) is 11.4. The topological polar surface area (TPSA) is 75.6 Å². The number of halogens is 1. The third-order valence-electron chi connectivity index (χ3n) is 2.39. The Kier molecular flexibility index (Phi) is 4.79. The molecule has 0 aromatic rings. The highest BCUT2D eigenvalue weighted by Gasteiger charge is 2.30. The Bertz CT molecular complexity index is 287. The van der Waals surface area contributed by atoms with E-state index in [0.717, 1.165) is 0 Å². The summed E-state index contributed by atoms with van der Waals surface area (Å²) in [5.41, 5.74) is -0.975. The first-order valence-electron chi connectivity index (χ1n) is 4.81. The number of alkyl halides is 1. The van der Waals surface area contributed by atoms with E-state index in [9.17, 15) is 13.5 Å². The van der Waals surface area contributed by atoms with Crippen LogP contribution >= 0.6 is 11.6 Å². The Morgan fingerprint density at radius 1 is 1.40 bits per heavy atom. The molecule has 1 rings (SSSR count). The molecular weight excluding hydrogens is 242 g/mol. The average Bonchev–Trinajstić information content (AvgIpc) is 2.17. The first-order chi connectivity index (χ1) is 6.97. The molecule has 90 valence electrons. The lowest BCUT2D eigenvalue weighted by atomic mass is 9.95. The van der Waals surface area contributed by atoms with E-state index in [1.54, 1.807) is 0 Å².